The van der Waals surface area contributed by atoms with Crippen molar-refractivity contribution in [3.05, 3.63) is 83.9 Å². The Hall–Kier alpha value is -3.65. The molecule has 4 rings (SSSR count). The highest BCUT2D eigenvalue weighted by atomic mass is 32.2. The van der Waals surface area contributed by atoms with Crippen molar-refractivity contribution in [2.24, 2.45) is 0 Å². The zero-order valence-electron chi connectivity index (χ0n) is 14.8. The van der Waals surface area contributed by atoms with Gasteiger partial charge >= 0.3 is 6.03 Å². The van der Waals surface area contributed by atoms with E-state index >= 15 is 0 Å². The summed E-state index contributed by atoms with van der Waals surface area (Å²) in [5.41, 5.74) is -0.577. The molecule has 1 saturated heterocycles. The Kier molecular flexibility index (Phi) is 5.01. The first-order chi connectivity index (χ1) is 14.0. The van der Waals surface area contributed by atoms with Gasteiger partial charge in [-0.25, -0.2) is 14.1 Å². The van der Waals surface area contributed by atoms with Crippen molar-refractivity contribution in [2.75, 3.05) is 4.90 Å². The number of furan rings is 1. The van der Waals surface area contributed by atoms with Crippen molar-refractivity contribution >= 4 is 41.4 Å². The van der Waals surface area contributed by atoms with Crippen molar-refractivity contribution in [3.8, 4) is 0 Å². The number of nitrogens with one attached hydrogen (secondary N) is 1. The SMILES string of the molecule is O=C1NC(=O)N(c2ccccc2F)C(=O)/C1=C/c1ccc(Sc2ccccc2)o1. The smallest absolute Gasteiger partial charge is 0.336 e. The van der Waals surface area contributed by atoms with Crippen LogP contribution >= 0.6 is 11.8 Å². The van der Waals surface area contributed by atoms with Gasteiger partial charge in [0.1, 0.15) is 17.2 Å². The van der Waals surface area contributed by atoms with Crippen LogP contribution in [-0.4, -0.2) is 17.8 Å². The summed E-state index contributed by atoms with van der Waals surface area (Å²) in [6.45, 7) is 0. The molecule has 29 heavy (non-hydrogen) atoms. The van der Waals surface area contributed by atoms with E-state index in [0.29, 0.717) is 9.99 Å². The maximum Gasteiger partial charge on any atom is 0.336 e. The summed E-state index contributed by atoms with van der Waals surface area (Å²) in [5, 5.41) is 2.61. The Balaban J connectivity index is 1.63. The van der Waals surface area contributed by atoms with Gasteiger partial charge < -0.3 is 4.42 Å². The van der Waals surface area contributed by atoms with Crippen LogP contribution in [0.2, 0.25) is 0 Å². The fourth-order valence-corrected chi connectivity index (χ4v) is 3.52. The van der Waals surface area contributed by atoms with Gasteiger partial charge in [0.2, 0.25) is 0 Å². The number of para-hydroxylation sites is 1. The van der Waals surface area contributed by atoms with Crippen molar-refractivity contribution < 1.29 is 23.2 Å². The lowest BCUT2D eigenvalue weighted by molar-refractivity contribution is -0.122. The number of imide groups is 2. The molecule has 2 aromatic carbocycles. The molecule has 144 valence electrons. The van der Waals surface area contributed by atoms with E-state index in [9.17, 15) is 18.8 Å². The van der Waals surface area contributed by atoms with Crippen LogP contribution in [0.3, 0.4) is 0 Å². The van der Waals surface area contributed by atoms with E-state index in [1.807, 2.05) is 35.6 Å². The summed E-state index contributed by atoms with van der Waals surface area (Å²) in [7, 11) is 0. The van der Waals surface area contributed by atoms with Crippen LogP contribution in [0.1, 0.15) is 5.76 Å². The van der Waals surface area contributed by atoms with E-state index in [-0.39, 0.29) is 17.0 Å². The molecular weight excluding hydrogens is 395 g/mol. The molecule has 0 aliphatic carbocycles. The number of hydrogen-bond acceptors (Lipinski definition) is 5. The summed E-state index contributed by atoms with van der Waals surface area (Å²) >= 11 is 1.38. The maximum atomic E-state index is 14.1. The van der Waals surface area contributed by atoms with Crippen LogP contribution in [0.5, 0.6) is 0 Å². The lowest BCUT2D eigenvalue weighted by atomic mass is 10.1. The number of benzene rings is 2. The lowest BCUT2D eigenvalue weighted by Gasteiger charge is -2.26. The van der Waals surface area contributed by atoms with E-state index in [1.165, 1.54) is 36.0 Å². The Bertz CT molecular complexity index is 1140. The van der Waals surface area contributed by atoms with Gasteiger partial charge in [-0.15, -0.1) is 0 Å². The molecule has 8 heteroatoms. The second-order valence-electron chi connectivity index (χ2n) is 5.98. The number of barbiturate groups is 1. The van der Waals surface area contributed by atoms with Gasteiger partial charge in [0.15, 0.2) is 5.09 Å². The molecule has 1 fully saturated rings. The van der Waals surface area contributed by atoms with Crippen LogP contribution in [-0.2, 0) is 9.59 Å². The van der Waals surface area contributed by atoms with Gasteiger partial charge in [-0.1, -0.05) is 42.1 Å². The molecule has 0 atom stereocenters. The van der Waals surface area contributed by atoms with E-state index in [2.05, 4.69) is 0 Å². The van der Waals surface area contributed by atoms with Crippen LogP contribution in [0, 0.1) is 5.82 Å². The molecule has 1 aromatic heterocycles. The first-order valence-corrected chi connectivity index (χ1v) is 9.33. The van der Waals surface area contributed by atoms with E-state index in [0.717, 1.165) is 11.0 Å². The number of halogens is 1. The standard InChI is InChI=1S/C21H13FN2O4S/c22-16-8-4-5-9-17(16)24-20(26)15(19(25)23-21(24)27)12-13-10-11-18(28-13)29-14-6-2-1-3-7-14/h1-12H,(H,23,25,27)/b15-12+. The van der Waals surface area contributed by atoms with Crippen molar-refractivity contribution in [1.82, 2.24) is 5.32 Å². The Morgan fingerprint density at radius 1 is 0.931 bits per heavy atom. The van der Waals surface area contributed by atoms with Crippen LogP contribution < -0.4 is 10.2 Å². The number of hydrogen-bond donors (Lipinski definition) is 1. The van der Waals surface area contributed by atoms with Gasteiger partial charge in [-0.3, -0.25) is 14.9 Å². The molecule has 1 N–H and O–H groups in total. The zero-order chi connectivity index (χ0) is 20.4. The van der Waals surface area contributed by atoms with Gasteiger partial charge in [-0.2, -0.15) is 0 Å². The Labute approximate surface area is 169 Å². The summed E-state index contributed by atoms with van der Waals surface area (Å²) in [6.07, 6.45) is 1.23. The van der Waals surface area contributed by atoms with E-state index in [1.54, 1.807) is 12.1 Å². The molecule has 4 amide bonds. The quantitative estimate of drug-likeness (QED) is 0.516. The number of urea groups is 1. The number of carbonyl (C=O) groups excluding carboxylic acids is 3. The zero-order valence-corrected chi connectivity index (χ0v) is 15.6. The average Bonchev–Trinajstić information content (AvgIpc) is 3.14. The highest BCUT2D eigenvalue weighted by Crippen LogP contribution is 2.30. The molecule has 0 spiro atoms. The number of amides is 4. The first kappa shape index (κ1) is 18.7. The number of nitrogens with zero attached hydrogens (tertiary/aromatic N) is 1. The Morgan fingerprint density at radius 3 is 2.41 bits per heavy atom. The minimum Gasteiger partial charge on any atom is -0.450 e. The van der Waals surface area contributed by atoms with Gasteiger partial charge in [0.25, 0.3) is 11.8 Å². The molecule has 1 aliphatic heterocycles. The summed E-state index contributed by atoms with van der Waals surface area (Å²) in [6, 6.07) is 17.1. The van der Waals surface area contributed by atoms with Crippen LogP contribution in [0.4, 0.5) is 14.9 Å². The molecule has 0 unspecified atom stereocenters. The van der Waals surface area contributed by atoms with E-state index in [4.69, 9.17) is 4.42 Å². The third kappa shape index (κ3) is 3.83. The minimum atomic E-state index is -1.01. The molecule has 0 bridgehead atoms. The molecule has 2 heterocycles. The van der Waals surface area contributed by atoms with Crippen molar-refractivity contribution in [1.29, 1.82) is 0 Å². The van der Waals surface area contributed by atoms with Crippen molar-refractivity contribution in [2.45, 2.75) is 9.99 Å². The van der Waals surface area contributed by atoms with Gasteiger partial charge in [0.05, 0.1) is 5.69 Å². The molecule has 6 nitrogen and oxygen atoms in total. The third-order valence-electron chi connectivity index (χ3n) is 4.05. The second-order valence-corrected chi connectivity index (χ2v) is 7.06. The molecule has 3 aromatic rings. The van der Waals surface area contributed by atoms with Crippen LogP contribution in [0.15, 0.2) is 86.7 Å². The van der Waals surface area contributed by atoms with Gasteiger partial charge in [0, 0.05) is 4.90 Å². The minimum absolute atomic E-state index is 0.242. The Morgan fingerprint density at radius 2 is 1.66 bits per heavy atom. The molecular formula is C21H13FN2O4S. The lowest BCUT2D eigenvalue weighted by Crippen LogP contribution is -2.54. The fourth-order valence-electron chi connectivity index (χ4n) is 2.72. The maximum absolute atomic E-state index is 14.1. The average molecular weight is 408 g/mol. The first-order valence-electron chi connectivity index (χ1n) is 8.51. The molecule has 1 aliphatic rings. The monoisotopic (exact) mass is 408 g/mol. The fraction of sp³-hybridized carbons (Fsp3) is 0. The number of rotatable bonds is 4. The number of carbonyl (C=O) groups is 3. The number of anilines is 1. The summed E-state index contributed by atoms with van der Waals surface area (Å²) < 4.78 is 19.7. The van der Waals surface area contributed by atoms with E-state index < -0.39 is 23.7 Å². The normalized spacial score (nSPS) is 15.7. The molecule has 0 saturated carbocycles. The third-order valence-corrected chi connectivity index (χ3v) is 4.97. The van der Waals surface area contributed by atoms with Crippen molar-refractivity contribution in [3.63, 3.8) is 0 Å². The summed E-state index contributed by atoms with van der Waals surface area (Å²) in [4.78, 5) is 38.6. The summed E-state index contributed by atoms with van der Waals surface area (Å²) in [5.74, 6) is -2.31. The molecule has 0 radical (unpaired) electrons. The highest BCUT2D eigenvalue weighted by molar-refractivity contribution is 7.99. The van der Waals surface area contributed by atoms with Crippen LogP contribution in [0.25, 0.3) is 6.08 Å². The largest absolute Gasteiger partial charge is 0.450 e. The second kappa shape index (κ2) is 7.76. The predicted molar refractivity (Wildman–Crippen MR) is 105 cm³/mol. The van der Waals surface area contributed by atoms with Gasteiger partial charge in [-0.05, 0) is 42.5 Å². The predicted octanol–water partition coefficient (Wildman–Crippen LogP) is 4.24. The highest BCUT2D eigenvalue weighted by Gasteiger charge is 2.38. The topological polar surface area (TPSA) is 79.6 Å².